The minimum atomic E-state index is 0.0258. The van der Waals surface area contributed by atoms with Gasteiger partial charge in [-0.25, -0.2) is 0 Å². The van der Waals surface area contributed by atoms with E-state index in [1.54, 1.807) is 0 Å². The summed E-state index contributed by atoms with van der Waals surface area (Å²) in [6.45, 7) is 7.39. The number of nitrogens with two attached hydrogens (primary N) is 1. The minimum Gasteiger partial charge on any atom is -0.487 e. The highest BCUT2D eigenvalue weighted by Crippen LogP contribution is 2.39. The van der Waals surface area contributed by atoms with Gasteiger partial charge in [-0.3, -0.25) is 0 Å². The van der Waals surface area contributed by atoms with Gasteiger partial charge in [-0.05, 0) is 55.3 Å². The van der Waals surface area contributed by atoms with Gasteiger partial charge in [-0.1, -0.05) is 32.9 Å². The molecule has 0 unspecified atom stereocenters. The van der Waals surface area contributed by atoms with Crippen LogP contribution in [0.15, 0.2) is 24.3 Å². The maximum absolute atomic E-state index is 6.17. The van der Waals surface area contributed by atoms with Crippen molar-refractivity contribution in [2.75, 3.05) is 6.54 Å². The van der Waals surface area contributed by atoms with Crippen molar-refractivity contribution in [2.45, 2.75) is 57.5 Å². The molecule has 1 aliphatic rings. The summed E-state index contributed by atoms with van der Waals surface area (Å²) in [5.74, 6) is 0.983. The third-order valence-electron chi connectivity index (χ3n) is 3.92. The average Bonchev–Trinajstić information content (AvgIpc) is 2.26. The Morgan fingerprint density at radius 2 is 1.78 bits per heavy atom. The summed E-state index contributed by atoms with van der Waals surface area (Å²) >= 11 is 0. The van der Waals surface area contributed by atoms with Crippen LogP contribution in [0.3, 0.4) is 0 Å². The fourth-order valence-corrected chi connectivity index (χ4v) is 2.51. The van der Waals surface area contributed by atoms with E-state index in [1.807, 2.05) is 0 Å². The number of benzene rings is 1. The second-order valence-corrected chi connectivity index (χ2v) is 6.45. The summed E-state index contributed by atoms with van der Waals surface area (Å²) in [7, 11) is 0. The molecule has 0 radical (unpaired) electrons. The number of ether oxygens (including phenoxy) is 1. The zero-order valence-corrected chi connectivity index (χ0v) is 11.8. The van der Waals surface area contributed by atoms with Gasteiger partial charge in [0.1, 0.15) is 11.4 Å². The molecule has 2 nitrogen and oxygen atoms in total. The highest BCUT2D eigenvalue weighted by Gasteiger charge is 2.38. The molecule has 0 atom stereocenters. The molecule has 100 valence electrons. The van der Waals surface area contributed by atoms with Crippen molar-refractivity contribution in [3.63, 3.8) is 0 Å². The van der Waals surface area contributed by atoms with E-state index in [9.17, 15) is 0 Å². The summed E-state index contributed by atoms with van der Waals surface area (Å²) in [5, 5.41) is 0. The predicted octanol–water partition coefficient (Wildman–Crippen LogP) is 3.63. The smallest absolute Gasteiger partial charge is 0.120 e. The summed E-state index contributed by atoms with van der Waals surface area (Å²) in [5.41, 5.74) is 7.25. The second kappa shape index (κ2) is 4.93. The van der Waals surface area contributed by atoms with Crippen molar-refractivity contribution in [2.24, 2.45) is 5.73 Å². The molecule has 2 heteroatoms. The van der Waals surface area contributed by atoms with Crippen molar-refractivity contribution in [3.8, 4) is 5.75 Å². The predicted molar refractivity (Wildman–Crippen MR) is 76.0 cm³/mol. The van der Waals surface area contributed by atoms with E-state index in [1.165, 1.54) is 12.0 Å². The largest absolute Gasteiger partial charge is 0.487 e. The van der Waals surface area contributed by atoms with Crippen molar-refractivity contribution < 1.29 is 4.74 Å². The molecular formula is C16H25NO. The molecule has 0 spiro atoms. The summed E-state index contributed by atoms with van der Waals surface area (Å²) in [6.07, 6.45) is 4.52. The van der Waals surface area contributed by atoms with Crippen LogP contribution in [-0.2, 0) is 5.41 Å². The first kappa shape index (κ1) is 13.4. The van der Waals surface area contributed by atoms with Gasteiger partial charge in [-0.15, -0.1) is 0 Å². The molecule has 18 heavy (non-hydrogen) atoms. The molecule has 1 saturated carbocycles. The highest BCUT2D eigenvalue weighted by atomic mass is 16.5. The summed E-state index contributed by atoms with van der Waals surface area (Å²) < 4.78 is 6.17. The molecule has 0 saturated heterocycles. The zero-order chi connectivity index (χ0) is 13.2. The molecule has 2 rings (SSSR count). The van der Waals surface area contributed by atoms with Crippen LogP contribution in [0.2, 0.25) is 0 Å². The summed E-state index contributed by atoms with van der Waals surface area (Å²) in [6, 6.07) is 8.53. The highest BCUT2D eigenvalue weighted by molar-refractivity contribution is 5.31. The number of rotatable bonds is 4. The minimum absolute atomic E-state index is 0.0258. The lowest BCUT2D eigenvalue weighted by Gasteiger charge is -2.42. The van der Waals surface area contributed by atoms with Gasteiger partial charge in [0.05, 0.1) is 0 Å². The lowest BCUT2D eigenvalue weighted by molar-refractivity contribution is -0.0125. The molecule has 0 aliphatic heterocycles. The van der Waals surface area contributed by atoms with E-state index in [4.69, 9.17) is 10.5 Å². The van der Waals surface area contributed by atoms with Gasteiger partial charge < -0.3 is 10.5 Å². The fraction of sp³-hybridized carbons (Fsp3) is 0.625. The van der Waals surface area contributed by atoms with E-state index in [-0.39, 0.29) is 11.0 Å². The van der Waals surface area contributed by atoms with Crippen molar-refractivity contribution in [1.82, 2.24) is 0 Å². The second-order valence-electron chi connectivity index (χ2n) is 6.45. The molecule has 0 heterocycles. The molecule has 2 N–H and O–H groups in total. The van der Waals surface area contributed by atoms with E-state index < -0.39 is 0 Å². The molecular weight excluding hydrogens is 222 g/mol. The molecule has 1 aliphatic carbocycles. The van der Waals surface area contributed by atoms with Crippen molar-refractivity contribution in [1.29, 1.82) is 0 Å². The van der Waals surface area contributed by atoms with Crippen LogP contribution in [0.4, 0.5) is 0 Å². The van der Waals surface area contributed by atoms with Gasteiger partial charge >= 0.3 is 0 Å². The number of hydrogen-bond donors (Lipinski definition) is 1. The molecule has 0 aromatic heterocycles. The average molecular weight is 247 g/mol. The van der Waals surface area contributed by atoms with E-state index in [2.05, 4.69) is 45.0 Å². The van der Waals surface area contributed by atoms with Crippen LogP contribution >= 0.6 is 0 Å². The first-order valence-electron chi connectivity index (χ1n) is 6.95. The van der Waals surface area contributed by atoms with Gasteiger partial charge in [0.25, 0.3) is 0 Å². The first-order chi connectivity index (χ1) is 8.45. The van der Waals surface area contributed by atoms with Gasteiger partial charge in [0.15, 0.2) is 0 Å². The Labute approximate surface area is 111 Å². The third-order valence-corrected chi connectivity index (χ3v) is 3.92. The van der Waals surface area contributed by atoms with E-state index in [0.29, 0.717) is 6.54 Å². The quantitative estimate of drug-likeness (QED) is 0.881. The van der Waals surface area contributed by atoms with Crippen LogP contribution in [0.5, 0.6) is 5.75 Å². The lowest BCUT2D eigenvalue weighted by atomic mass is 9.77. The summed E-state index contributed by atoms with van der Waals surface area (Å²) in [4.78, 5) is 0. The van der Waals surface area contributed by atoms with E-state index >= 15 is 0 Å². The molecule has 0 amide bonds. The van der Waals surface area contributed by atoms with Crippen LogP contribution in [0.1, 0.15) is 52.0 Å². The Hall–Kier alpha value is -1.02. The zero-order valence-electron chi connectivity index (χ0n) is 11.8. The molecule has 0 bridgehead atoms. The molecule has 1 aromatic carbocycles. The van der Waals surface area contributed by atoms with Crippen LogP contribution in [0, 0.1) is 0 Å². The Morgan fingerprint density at radius 1 is 1.17 bits per heavy atom. The Morgan fingerprint density at radius 3 is 2.17 bits per heavy atom. The maximum atomic E-state index is 6.17. The van der Waals surface area contributed by atoms with Gasteiger partial charge in [0, 0.05) is 0 Å². The van der Waals surface area contributed by atoms with Crippen LogP contribution in [-0.4, -0.2) is 12.1 Å². The van der Waals surface area contributed by atoms with Crippen molar-refractivity contribution >= 4 is 0 Å². The molecule has 1 fully saturated rings. The van der Waals surface area contributed by atoms with Gasteiger partial charge in [-0.2, -0.15) is 0 Å². The normalized spacial score (nSPS) is 18.2. The lowest BCUT2D eigenvalue weighted by Crippen LogP contribution is -2.44. The van der Waals surface area contributed by atoms with Crippen LogP contribution in [0.25, 0.3) is 0 Å². The monoisotopic (exact) mass is 247 g/mol. The van der Waals surface area contributed by atoms with Gasteiger partial charge in [0.2, 0.25) is 0 Å². The van der Waals surface area contributed by atoms with E-state index in [0.717, 1.165) is 25.0 Å². The standard InChI is InChI=1S/C16H25NO/c1-15(2,3)13-5-7-14(8-6-13)18-16(11-12-17)9-4-10-16/h5-8H,4,9-12,17H2,1-3H3. The SMILES string of the molecule is CC(C)(C)c1ccc(OC2(CCN)CCC2)cc1. The third kappa shape index (κ3) is 2.86. The first-order valence-corrected chi connectivity index (χ1v) is 6.95. The van der Waals surface area contributed by atoms with Crippen LogP contribution < -0.4 is 10.5 Å². The molecule has 1 aromatic rings. The topological polar surface area (TPSA) is 35.2 Å². The Bertz CT molecular complexity index is 385. The Balaban J connectivity index is 2.06. The Kier molecular flexibility index (Phi) is 3.67. The fourth-order valence-electron chi connectivity index (χ4n) is 2.51. The number of hydrogen-bond acceptors (Lipinski definition) is 2. The van der Waals surface area contributed by atoms with Crippen molar-refractivity contribution in [3.05, 3.63) is 29.8 Å². The maximum Gasteiger partial charge on any atom is 0.120 e.